The summed E-state index contributed by atoms with van der Waals surface area (Å²) in [6, 6.07) is 0. The highest BCUT2D eigenvalue weighted by molar-refractivity contribution is 9.10. The molecule has 0 radical (unpaired) electrons. The lowest BCUT2D eigenvalue weighted by Gasteiger charge is -1.90. The van der Waals surface area contributed by atoms with Crippen molar-refractivity contribution in [1.82, 2.24) is 19.9 Å². The van der Waals surface area contributed by atoms with Crippen molar-refractivity contribution >= 4 is 27.2 Å². The molecule has 0 atom stereocenters. The molecule has 74 valence electrons. The first kappa shape index (κ1) is 9.58. The maximum absolute atomic E-state index is 4.34. The fourth-order valence-corrected chi connectivity index (χ4v) is 1.56. The van der Waals surface area contributed by atoms with Crippen LogP contribution in [0, 0.1) is 0 Å². The van der Waals surface area contributed by atoms with E-state index in [9.17, 15) is 0 Å². The Morgan fingerprint density at radius 1 is 1.43 bits per heavy atom. The lowest BCUT2D eigenvalue weighted by molar-refractivity contribution is 0.764. The molecule has 0 aliphatic heterocycles. The number of aromatic nitrogens is 4. The van der Waals surface area contributed by atoms with E-state index in [0.29, 0.717) is 5.65 Å². The standard InChI is InChI=1S/C9H11BrN4/c1-2-3-4-7-13-8-9(14-7)12-6(10)5-11-8/h5H,2-4H2,1H3,(H,11,12,13,14). The number of unbranched alkanes of at least 4 members (excludes halogenated alkanes) is 1. The molecule has 0 unspecified atom stereocenters. The normalized spacial score (nSPS) is 11.0. The summed E-state index contributed by atoms with van der Waals surface area (Å²) in [5.41, 5.74) is 1.45. The van der Waals surface area contributed by atoms with E-state index in [1.807, 2.05) is 0 Å². The van der Waals surface area contributed by atoms with Gasteiger partial charge in [-0.25, -0.2) is 15.0 Å². The van der Waals surface area contributed by atoms with Gasteiger partial charge in [0.15, 0.2) is 11.3 Å². The van der Waals surface area contributed by atoms with Crippen LogP contribution < -0.4 is 0 Å². The van der Waals surface area contributed by atoms with Gasteiger partial charge in [0, 0.05) is 6.42 Å². The van der Waals surface area contributed by atoms with E-state index in [2.05, 4.69) is 42.8 Å². The van der Waals surface area contributed by atoms with E-state index in [1.54, 1.807) is 6.20 Å². The number of hydrogen-bond acceptors (Lipinski definition) is 3. The highest BCUT2D eigenvalue weighted by atomic mass is 79.9. The van der Waals surface area contributed by atoms with Crippen LogP contribution in [0.4, 0.5) is 0 Å². The van der Waals surface area contributed by atoms with Gasteiger partial charge in [0.1, 0.15) is 10.4 Å². The molecule has 2 rings (SSSR count). The van der Waals surface area contributed by atoms with Gasteiger partial charge in [-0.3, -0.25) is 0 Å². The zero-order chi connectivity index (χ0) is 9.97. The first-order valence-corrected chi connectivity index (χ1v) is 5.46. The molecule has 0 bridgehead atoms. The highest BCUT2D eigenvalue weighted by Gasteiger charge is 2.04. The van der Waals surface area contributed by atoms with Gasteiger partial charge in [-0.05, 0) is 22.4 Å². The molecule has 2 aromatic heterocycles. The van der Waals surface area contributed by atoms with E-state index in [1.165, 1.54) is 6.42 Å². The monoisotopic (exact) mass is 254 g/mol. The lowest BCUT2D eigenvalue weighted by atomic mass is 10.2. The third kappa shape index (κ3) is 1.92. The molecule has 0 fully saturated rings. The molecule has 0 saturated carbocycles. The summed E-state index contributed by atoms with van der Waals surface area (Å²) < 4.78 is 0.732. The van der Waals surface area contributed by atoms with Crippen molar-refractivity contribution in [3.63, 3.8) is 0 Å². The SMILES string of the molecule is CCCCc1nc2ncc(Br)nc2[nH]1. The second-order valence-electron chi connectivity index (χ2n) is 3.15. The van der Waals surface area contributed by atoms with Crippen LogP contribution in [0.25, 0.3) is 11.3 Å². The van der Waals surface area contributed by atoms with Crippen molar-refractivity contribution in [2.45, 2.75) is 26.2 Å². The average Bonchev–Trinajstić information content (AvgIpc) is 2.56. The van der Waals surface area contributed by atoms with Crippen molar-refractivity contribution in [2.24, 2.45) is 0 Å². The van der Waals surface area contributed by atoms with Gasteiger partial charge in [0.25, 0.3) is 0 Å². The van der Waals surface area contributed by atoms with Crippen LogP contribution in [-0.4, -0.2) is 19.9 Å². The largest absolute Gasteiger partial charge is 0.325 e. The molecule has 0 saturated heterocycles. The fourth-order valence-electron chi connectivity index (χ4n) is 1.28. The summed E-state index contributed by atoms with van der Waals surface area (Å²) in [6.45, 7) is 2.16. The van der Waals surface area contributed by atoms with Crippen molar-refractivity contribution < 1.29 is 0 Å². The third-order valence-corrected chi connectivity index (χ3v) is 2.38. The molecule has 2 aromatic rings. The van der Waals surface area contributed by atoms with Crippen molar-refractivity contribution in [3.8, 4) is 0 Å². The molecule has 0 aliphatic carbocycles. The number of nitrogens with zero attached hydrogens (tertiary/aromatic N) is 3. The summed E-state index contributed by atoms with van der Waals surface area (Å²) in [6.07, 6.45) is 4.93. The minimum Gasteiger partial charge on any atom is -0.325 e. The molecule has 0 spiro atoms. The fraction of sp³-hybridized carbons (Fsp3) is 0.444. The first-order chi connectivity index (χ1) is 6.79. The zero-order valence-corrected chi connectivity index (χ0v) is 9.50. The quantitative estimate of drug-likeness (QED) is 0.916. The molecule has 0 amide bonds. The zero-order valence-electron chi connectivity index (χ0n) is 7.92. The number of fused-ring (bicyclic) bond motifs is 1. The summed E-state index contributed by atoms with van der Waals surface area (Å²) in [4.78, 5) is 15.9. The Hall–Kier alpha value is -0.970. The number of halogens is 1. The minimum atomic E-state index is 0.694. The molecule has 5 heteroatoms. The molecule has 14 heavy (non-hydrogen) atoms. The van der Waals surface area contributed by atoms with Crippen molar-refractivity contribution in [1.29, 1.82) is 0 Å². The van der Waals surface area contributed by atoms with E-state index in [-0.39, 0.29) is 0 Å². The molecule has 4 nitrogen and oxygen atoms in total. The molecule has 0 aliphatic rings. The molecule has 1 N–H and O–H groups in total. The Kier molecular flexibility index (Phi) is 2.77. The van der Waals surface area contributed by atoms with E-state index in [4.69, 9.17) is 0 Å². The Labute approximate surface area is 90.3 Å². The summed E-state index contributed by atoms with van der Waals surface area (Å²) in [5, 5.41) is 0. The van der Waals surface area contributed by atoms with E-state index in [0.717, 1.165) is 28.9 Å². The van der Waals surface area contributed by atoms with Crippen LogP contribution in [0.3, 0.4) is 0 Å². The maximum Gasteiger partial charge on any atom is 0.197 e. The van der Waals surface area contributed by atoms with Gasteiger partial charge in [0.2, 0.25) is 0 Å². The highest BCUT2D eigenvalue weighted by Crippen LogP contribution is 2.11. The number of H-pyrrole nitrogens is 1. The number of nitrogens with one attached hydrogen (secondary N) is 1. The second kappa shape index (κ2) is 4.04. The van der Waals surface area contributed by atoms with Crippen LogP contribution in [-0.2, 0) is 6.42 Å². The summed E-state index contributed by atoms with van der Waals surface area (Å²) in [5.74, 6) is 0.972. The van der Waals surface area contributed by atoms with Crippen LogP contribution in [0.15, 0.2) is 10.8 Å². The predicted octanol–water partition coefficient (Wildman–Crippen LogP) is 2.46. The van der Waals surface area contributed by atoms with Gasteiger partial charge < -0.3 is 4.98 Å². The second-order valence-corrected chi connectivity index (χ2v) is 3.96. The Balaban J connectivity index is 2.32. The summed E-state index contributed by atoms with van der Waals surface area (Å²) in [7, 11) is 0. The van der Waals surface area contributed by atoms with Crippen LogP contribution in [0.2, 0.25) is 0 Å². The predicted molar refractivity (Wildman–Crippen MR) is 58.0 cm³/mol. The average molecular weight is 255 g/mol. The van der Waals surface area contributed by atoms with Gasteiger partial charge in [-0.1, -0.05) is 13.3 Å². The van der Waals surface area contributed by atoms with Gasteiger partial charge in [0.05, 0.1) is 6.20 Å². The third-order valence-electron chi connectivity index (χ3n) is 1.99. The van der Waals surface area contributed by atoms with E-state index >= 15 is 0 Å². The maximum atomic E-state index is 4.34. The molecular formula is C9H11BrN4. The van der Waals surface area contributed by atoms with Crippen LogP contribution in [0.5, 0.6) is 0 Å². The van der Waals surface area contributed by atoms with E-state index < -0.39 is 0 Å². The first-order valence-electron chi connectivity index (χ1n) is 4.66. The lowest BCUT2D eigenvalue weighted by Crippen LogP contribution is -1.86. The number of rotatable bonds is 3. The Morgan fingerprint density at radius 2 is 2.29 bits per heavy atom. The Morgan fingerprint density at radius 3 is 3.07 bits per heavy atom. The topological polar surface area (TPSA) is 54.5 Å². The Bertz CT molecular complexity index is 437. The van der Waals surface area contributed by atoms with Crippen molar-refractivity contribution in [2.75, 3.05) is 0 Å². The van der Waals surface area contributed by atoms with Gasteiger partial charge >= 0.3 is 0 Å². The number of hydrogen-bond donors (Lipinski definition) is 1. The van der Waals surface area contributed by atoms with Crippen molar-refractivity contribution in [3.05, 3.63) is 16.6 Å². The van der Waals surface area contributed by atoms with Gasteiger partial charge in [-0.15, -0.1) is 0 Å². The van der Waals surface area contributed by atoms with Crippen LogP contribution in [0.1, 0.15) is 25.6 Å². The number of imidazole rings is 1. The molecular weight excluding hydrogens is 244 g/mol. The molecule has 2 heterocycles. The minimum absolute atomic E-state index is 0.694. The number of aromatic amines is 1. The van der Waals surface area contributed by atoms with Gasteiger partial charge in [-0.2, -0.15) is 0 Å². The number of aryl methyl sites for hydroxylation is 1. The smallest absolute Gasteiger partial charge is 0.197 e. The molecule has 0 aromatic carbocycles. The summed E-state index contributed by atoms with van der Waals surface area (Å²) >= 11 is 3.27. The van der Waals surface area contributed by atoms with Crippen LogP contribution >= 0.6 is 15.9 Å².